The van der Waals surface area contributed by atoms with Crippen molar-refractivity contribution in [2.24, 2.45) is 5.92 Å². The average Bonchev–Trinajstić information content (AvgIpc) is 2.26. The Balaban J connectivity index is 3.07. The zero-order valence-corrected chi connectivity index (χ0v) is 10.3. The number of ether oxygens (including phenoxy) is 1. The number of phenols is 2. The first-order chi connectivity index (χ1) is 8.62. The number of hydrogen-bond donors (Lipinski definition) is 2. The van der Waals surface area contributed by atoms with Crippen LogP contribution in [0.1, 0.15) is 19.4 Å². The van der Waals surface area contributed by atoms with Crippen molar-refractivity contribution >= 4 is 5.97 Å². The zero-order chi connectivity index (χ0) is 14.8. The highest BCUT2D eigenvalue weighted by atomic mass is 19.4. The Kier molecular flexibility index (Phi) is 4.28. The SMILES string of the molecule is CC(C)Cc1c(O)ccc(OC(=O)C(F)(F)F)c1O. The summed E-state index contributed by atoms with van der Waals surface area (Å²) in [6, 6.07) is 1.97. The van der Waals surface area contributed by atoms with E-state index in [4.69, 9.17) is 0 Å². The van der Waals surface area contributed by atoms with E-state index in [0.717, 1.165) is 12.1 Å². The van der Waals surface area contributed by atoms with Crippen LogP contribution in [0.15, 0.2) is 12.1 Å². The van der Waals surface area contributed by atoms with Gasteiger partial charge >= 0.3 is 12.1 Å². The molecular weight excluding hydrogens is 265 g/mol. The minimum Gasteiger partial charge on any atom is -0.508 e. The fourth-order valence-corrected chi connectivity index (χ4v) is 1.45. The van der Waals surface area contributed by atoms with E-state index in [0.29, 0.717) is 0 Å². The topological polar surface area (TPSA) is 66.8 Å². The minimum atomic E-state index is -5.15. The minimum absolute atomic E-state index is 0.0440. The molecule has 19 heavy (non-hydrogen) atoms. The van der Waals surface area contributed by atoms with Crippen molar-refractivity contribution in [1.82, 2.24) is 0 Å². The molecule has 0 heterocycles. The number of phenolic OH excluding ortho intramolecular Hbond substituents is 2. The molecule has 1 aromatic carbocycles. The Labute approximate surface area is 107 Å². The second kappa shape index (κ2) is 5.38. The molecule has 2 N–H and O–H groups in total. The summed E-state index contributed by atoms with van der Waals surface area (Å²) in [5.74, 6) is -3.94. The van der Waals surface area contributed by atoms with Gasteiger partial charge in [-0.05, 0) is 24.5 Å². The molecule has 0 spiro atoms. The van der Waals surface area contributed by atoms with Crippen LogP contribution in [0.5, 0.6) is 17.2 Å². The van der Waals surface area contributed by atoms with Crippen LogP contribution in [0.3, 0.4) is 0 Å². The molecule has 0 aliphatic carbocycles. The monoisotopic (exact) mass is 278 g/mol. The summed E-state index contributed by atoms with van der Waals surface area (Å²) in [6.07, 6.45) is -4.92. The molecule has 4 nitrogen and oxygen atoms in total. The zero-order valence-electron chi connectivity index (χ0n) is 10.3. The summed E-state index contributed by atoms with van der Waals surface area (Å²) < 4.78 is 40.2. The first kappa shape index (κ1) is 15.1. The summed E-state index contributed by atoms with van der Waals surface area (Å²) in [6.45, 7) is 3.60. The number of benzene rings is 1. The molecule has 0 bridgehead atoms. The number of alkyl halides is 3. The van der Waals surface area contributed by atoms with E-state index in [1.165, 1.54) is 0 Å². The second-order valence-corrected chi connectivity index (χ2v) is 4.40. The van der Waals surface area contributed by atoms with Gasteiger partial charge in [-0.15, -0.1) is 0 Å². The lowest BCUT2D eigenvalue weighted by Crippen LogP contribution is -2.28. The Morgan fingerprint density at radius 1 is 1.32 bits per heavy atom. The van der Waals surface area contributed by atoms with Gasteiger partial charge < -0.3 is 14.9 Å². The maximum atomic E-state index is 12.1. The van der Waals surface area contributed by atoms with Crippen molar-refractivity contribution in [1.29, 1.82) is 0 Å². The van der Waals surface area contributed by atoms with Crippen molar-refractivity contribution in [3.63, 3.8) is 0 Å². The van der Waals surface area contributed by atoms with E-state index in [9.17, 15) is 28.2 Å². The summed E-state index contributed by atoms with van der Waals surface area (Å²) in [5, 5.41) is 19.3. The highest BCUT2D eigenvalue weighted by molar-refractivity contribution is 5.79. The molecule has 0 unspecified atom stereocenters. The lowest BCUT2D eigenvalue weighted by molar-refractivity contribution is -0.189. The number of aromatic hydroxyl groups is 2. The molecule has 0 saturated heterocycles. The second-order valence-electron chi connectivity index (χ2n) is 4.40. The van der Waals surface area contributed by atoms with Crippen LogP contribution < -0.4 is 4.74 Å². The van der Waals surface area contributed by atoms with Gasteiger partial charge in [-0.3, -0.25) is 0 Å². The molecule has 0 aromatic heterocycles. The Morgan fingerprint density at radius 3 is 2.37 bits per heavy atom. The highest BCUT2D eigenvalue weighted by Gasteiger charge is 2.41. The molecule has 0 atom stereocenters. The fraction of sp³-hybridized carbons (Fsp3) is 0.417. The highest BCUT2D eigenvalue weighted by Crippen LogP contribution is 2.38. The van der Waals surface area contributed by atoms with Crippen LogP contribution >= 0.6 is 0 Å². The van der Waals surface area contributed by atoms with Crippen LogP contribution in [-0.2, 0) is 11.2 Å². The van der Waals surface area contributed by atoms with Crippen molar-refractivity contribution in [3.05, 3.63) is 17.7 Å². The maximum Gasteiger partial charge on any atom is 0.491 e. The van der Waals surface area contributed by atoms with Crippen LogP contribution in [0.2, 0.25) is 0 Å². The molecule has 0 aliphatic rings. The fourth-order valence-electron chi connectivity index (χ4n) is 1.45. The Bertz CT molecular complexity index is 481. The van der Waals surface area contributed by atoms with Gasteiger partial charge in [0.25, 0.3) is 0 Å². The predicted molar refractivity (Wildman–Crippen MR) is 60.0 cm³/mol. The quantitative estimate of drug-likeness (QED) is 0.659. The van der Waals surface area contributed by atoms with E-state index in [1.54, 1.807) is 13.8 Å². The number of carbonyl (C=O) groups excluding carboxylic acids is 1. The van der Waals surface area contributed by atoms with Crippen LogP contribution in [0, 0.1) is 5.92 Å². The van der Waals surface area contributed by atoms with E-state index >= 15 is 0 Å². The van der Waals surface area contributed by atoms with Gasteiger partial charge in [0.1, 0.15) is 5.75 Å². The molecule has 1 rings (SSSR count). The third kappa shape index (κ3) is 3.77. The average molecular weight is 278 g/mol. The Morgan fingerprint density at radius 2 is 1.89 bits per heavy atom. The number of esters is 1. The summed E-state index contributed by atoms with van der Waals surface area (Å²) in [5.41, 5.74) is 0.0440. The van der Waals surface area contributed by atoms with E-state index < -0.39 is 23.6 Å². The molecule has 7 heteroatoms. The molecule has 106 valence electrons. The molecule has 0 radical (unpaired) electrons. The Hall–Kier alpha value is -1.92. The molecule has 0 saturated carbocycles. The number of hydrogen-bond acceptors (Lipinski definition) is 4. The van der Waals surface area contributed by atoms with Gasteiger partial charge in [-0.1, -0.05) is 13.8 Å². The van der Waals surface area contributed by atoms with E-state index in [-0.39, 0.29) is 23.7 Å². The van der Waals surface area contributed by atoms with Gasteiger partial charge in [0.2, 0.25) is 0 Å². The summed E-state index contributed by atoms with van der Waals surface area (Å²) in [4.78, 5) is 10.7. The molecule has 1 aromatic rings. The van der Waals surface area contributed by atoms with Gasteiger partial charge in [0.15, 0.2) is 11.5 Å². The first-order valence-electron chi connectivity index (χ1n) is 5.45. The number of rotatable bonds is 3. The third-order valence-corrected chi connectivity index (χ3v) is 2.27. The standard InChI is InChI=1S/C12H13F3O4/c1-6(2)5-7-8(16)3-4-9(10(7)17)19-11(18)12(13,14)15/h3-4,6,16-17H,5H2,1-2H3. The van der Waals surface area contributed by atoms with Crippen molar-refractivity contribution in [2.75, 3.05) is 0 Å². The van der Waals surface area contributed by atoms with Crippen molar-refractivity contribution in [2.45, 2.75) is 26.4 Å². The van der Waals surface area contributed by atoms with E-state index in [1.807, 2.05) is 0 Å². The number of carbonyl (C=O) groups is 1. The van der Waals surface area contributed by atoms with Gasteiger partial charge in [-0.25, -0.2) is 4.79 Å². The normalized spacial score (nSPS) is 11.7. The first-order valence-corrected chi connectivity index (χ1v) is 5.45. The number of halogens is 3. The maximum absolute atomic E-state index is 12.1. The smallest absolute Gasteiger partial charge is 0.491 e. The van der Waals surface area contributed by atoms with Gasteiger partial charge in [0.05, 0.1) is 0 Å². The third-order valence-electron chi connectivity index (χ3n) is 2.27. The van der Waals surface area contributed by atoms with Crippen LogP contribution in [0.4, 0.5) is 13.2 Å². The molecule has 0 amide bonds. The molecule has 0 aliphatic heterocycles. The van der Waals surface area contributed by atoms with Gasteiger partial charge in [0, 0.05) is 5.56 Å². The lowest BCUT2D eigenvalue weighted by atomic mass is 10.0. The van der Waals surface area contributed by atoms with Gasteiger partial charge in [-0.2, -0.15) is 13.2 Å². The van der Waals surface area contributed by atoms with Crippen LogP contribution in [0.25, 0.3) is 0 Å². The summed E-state index contributed by atoms with van der Waals surface area (Å²) in [7, 11) is 0. The predicted octanol–water partition coefficient (Wildman–Crippen LogP) is 2.76. The van der Waals surface area contributed by atoms with Crippen LogP contribution in [-0.4, -0.2) is 22.4 Å². The largest absolute Gasteiger partial charge is 0.508 e. The summed E-state index contributed by atoms with van der Waals surface area (Å²) >= 11 is 0. The molecular formula is C12H13F3O4. The van der Waals surface area contributed by atoms with E-state index in [2.05, 4.69) is 4.74 Å². The molecule has 0 fully saturated rings. The lowest BCUT2D eigenvalue weighted by Gasteiger charge is -2.13. The van der Waals surface area contributed by atoms with Crippen molar-refractivity contribution < 1.29 is 32.9 Å². The van der Waals surface area contributed by atoms with Crippen molar-refractivity contribution in [3.8, 4) is 17.2 Å².